The maximum Gasteiger partial charge on any atom is 0.416 e. The lowest BCUT2D eigenvalue weighted by Gasteiger charge is -2.27. The third kappa shape index (κ3) is 3.58. The van der Waals surface area contributed by atoms with Gasteiger partial charge in [0.2, 0.25) is 5.78 Å². The predicted molar refractivity (Wildman–Crippen MR) is 83.3 cm³/mol. The molecule has 1 aromatic heterocycles. The number of alkyl halides is 4. The number of hydrogen-bond acceptors (Lipinski definition) is 4. The summed E-state index contributed by atoms with van der Waals surface area (Å²) in [6.07, 6.45) is -3.12. The van der Waals surface area contributed by atoms with Gasteiger partial charge in [-0.15, -0.1) is 0 Å². The van der Waals surface area contributed by atoms with E-state index in [1.165, 1.54) is 18.3 Å². The van der Waals surface area contributed by atoms with Gasteiger partial charge in [-0.05, 0) is 25.0 Å². The average molecular weight is 358 g/mol. The molecule has 0 amide bonds. The largest absolute Gasteiger partial charge is 0.416 e. The lowest BCUT2D eigenvalue weighted by molar-refractivity contribution is -0.137. The number of piperidine rings is 1. The molecule has 0 aliphatic carbocycles. The van der Waals surface area contributed by atoms with Crippen molar-refractivity contribution in [2.24, 2.45) is 0 Å². The Labute approximate surface area is 139 Å². The summed E-state index contributed by atoms with van der Waals surface area (Å²) < 4.78 is 51.4. The Morgan fingerprint density at radius 3 is 2.62 bits per heavy atom. The molecule has 0 atom stereocenters. The number of halogens is 4. The van der Waals surface area contributed by atoms with E-state index >= 15 is 0 Å². The van der Waals surface area contributed by atoms with Crippen LogP contribution in [-0.2, 0) is 6.18 Å². The molecule has 0 radical (unpaired) electrons. The molecule has 1 aliphatic heterocycles. The molecule has 0 unspecified atom stereocenters. The maximum atomic E-state index is 13.2. The zero-order valence-electron chi connectivity index (χ0n) is 12.5. The molecule has 8 heteroatoms. The van der Waals surface area contributed by atoms with Gasteiger partial charge in [-0.1, -0.05) is 23.5 Å². The van der Waals surface area contributed by atoms with Gasteiger partial charge in [0.1, 0.15) is 6.17 Å². The molecule has 0 saturated carbocycles. The van der Waals surface area contributed by atoms with Gasteiger partial charge in [-0.25, -0.2) is 9.37 Å². The van der Waals surface area contributed by atoms with E-state index in [1.807, 2.05) is 4.90 Å². The second-order valence-electron chi connectivity index (χ2n) is 5.58. The Morgan fingerprint density at radius 2 is 1.96 bits per heavy atom. The van der Waals surface area contributed by atoms with Crippen LogP contribution < -0.4 is 4.90 Å². The minimum atomic E-state index is -4.49. The minimum absolute atomic E-state index is 0.0255. The summed E-state index contributed by atoms with van der Waals surface area (Å²) in [6.45, 7) is 1.04. The molecular weight excluding hydrogens is 344 g/mol. The topological polar surface area (TPSA) is 33.2 Å². The first-order valence-electron chi connectivity index (χ1n) is 7.41. The molecule has 1 aliphatic rings. The van der Waals surface area contributed by atoms with E-state index in [4.69, 9.17) is 0 Å². The number of nitrogens with zero attached hydrogens (tertiary/aromatic N) is 2. The van der Waals surface area contributed by atoms with Crippen molar-refractivity contribution in [3.8, 4) is 0 Å². The van der Waals surface area contributed by atoms with Crippen LogP contribution in [0.2, 0.25) is 0 Å². The molecule has 3 rings (SSSR count). The van der Waals surface area contributed by atoms with Crippen LogP contribution in [0.5, 0.6) is 0 Å². The molecule has 24 heavy (non-hydrogen) atoms. The van der Waals surface area contributed by atoms with Gasteiger partial charge in [0.05, 0.1) is 16.6 Å². The van der Waals surface area contributed by atoms with Gasteiger partial charge < -0.3 is 4.90 Å². The summed E-state index contributed by atoms with van der Waals surface area (Å²) in [5, 5.41) is 0.595. The number of carbonyl (C=O) groups excluding carboxylic acids is 1. The molecule has 1 saturated heterocycles. The maximum absolute atomic E-state index is 13.2. The fourth-order valence-corrected chi connectivity index (χ4v) is 3.46. The van der Waals surface area contributed by atoms with E-state index in [2.05, 4.69) is 4.98 Å². The first-order chi connectivity index (χ1) is 11.3. The highest BCUT2D eigenvalue weighted by Crippen LogP contribution is 2.31. The molecule has 0 bridgehead atoms. The minimum Gasteiger partial charge on any atom is -0.348 e. The van der Waals surface area contributed by atoms with Crippen molar-refractivity contribution in [3.63, 3.8) is 0 Å². The van der Waals surface area contributed by atoms with Crippen molar-refractivity contribution >= 4 is 22.3 Å². The third-order valence-electron chi connectivity index (χ3n) is 3.86. The quantitative estimate of drug-likeness (QED) is 0.605. The molecular formula is C16H14F4N2OS. The molecule has 2 heterocycles. The van der Waals surface area contributed by atoms with Gasteiger partial charge in [0.25, 0.3) is 0 Å². The van der Waals surface area contributed by atoms with Gasteiger partial charge >= 0.3 is 6.18 Å². The monoisotopic (exact) mass is 358 g/mol. The van der Waals surface area contributed by atoms with Crippen molar-refractivity contribution in [2.75, 3.05) is 18.0 Å². The van der Waals surface area contributed by atoms with E-state index in [0.29, 0.717) is 31.1 Å². The molecule has 2 aromatic rings. The summed E-state index contributed by atoms with van der Waals surface area (Å²) in [7, 11) is 0. The predicted octanol–water partition coefficient (Wildman–Crippen LogP) is 4.33. The molecule has 1 fully saturated rings. The van der Waals surface area contributed by atoms with Crippen LogP contribution in [0, 0.1) is 0 Å². The molecule has 3 nitrogen and oxygen atoms in total. The summed E-state index contributed by atoms with van der Waals surface area (Å²) in [5.74, 6) is -0.495. The Balaban J connectivity index is 1.79. The van der Waals surface area contributed by atoms with Crippen molar-refractivity contribution < 1.29 is 22.4 Å². The van der Waals surface area contributed by atoms with Crippen LogP contribution in [0.25, 0.3) is 0 Å². The lowest BCUT2D eigenvalue weighted by atomic mass is 10.1. The van der Waals surface area contributed by atoms with Gasteiger partial charge in [0, 0.05) is 18.7 Å². The van der Waals surface area contributed by atoms with Crippen molar-refractivity contribution in [3.05, 3.63) is 46.5 Å². The van der Waals surface area contributed by atoms with Gasteiger partial charge in [-0.3, -0.25) is 4.79 Å². The Kier molecular flexibility index (Phi) is 4.58. The van der Waals surface area contributed by atoms with Crippen LogP contribution >= 0.6 is 11.3 Å². The van der Waals surface area contributed by atoms with E-state index in [1.54, 1.807) is 0 Å². The summed E-state index contributed by atoms with van der Waals surface area (Å²) in [6, 6.07) is 4.34. The van der Waals surface area contributed by atoms with Gasteiger partial charge in [-0.2, -0.15) is 13.2 Å². The second kappa shape index (κ2) is 6.51. The second-order valence-corrected chi connectivity index (χ2v) is 6.59. The van der Waals surface area contributed by atoms with Crippen molar-refractivity contribution in [1.82, 2.24) is 4.98 Å². The smallest absolute Gasteiger partial charge is 0.348 e. The van der Waals surface area contributed by atoms with Gasteiger partial charge in [0.15, 0.2) is 5.13 Å². The number of hydrogen-bond donors (Lipinski definition) is 0. The molecule has 128 valence electrons. The first-order valence-corrected chi connectivity index (χ1v) is 8.23. The fourth-order valence-electron chi connectivity index (χ4n) is 2.53. The third-order valence-corrected chi connectivity index (χ3v) is 4.92. The number of rotatable bonds is 3. The Morgan fingerprint density at radius 1 is 1.25 bits per heavy atom. The van der Waals surface area contributed by atoms with Crippen LogP contribution in [0.4, 0.5) is 22.7 Å². The van der Waals surface area contributed by atoms with Crippen LogP contribution in [0.3, 0.4) is 0 Å². The number of anilines is 1. The Bertz CT molecular complexity index is 736. The standard InChI is InChI=1S/C16H14F4N2OS/c17-12-4-6-22(7-5-12)15-21-9-13(24-15)14(23)10-2-1-3-11(8-10)16(18,19)20/h1-3,8-9,12H,4-7H2. The zero-order chi connectivity index (χ0) is 17.3. The van der Waals surface area contributed by atoms with Crippen LogP contribution in [0.15, 0.2) is 30.5 Å². The van der Waals surface area contributed by atoms with Crippen LogP contribution in [0.1, 0.15) is 33.6 Å². The summed E-state index contributed by atoms with van der Waals surface area (Å²) in [5.41, 5.74) is -0.884. The fraction of sp³-hybridized carbons (Fsp3) is 0.375. The number of carbonyl (C=O) groups is 1. The highest BCUT2D eigenvalue weighted by molar-refractivity contribution is 7.17. The summed E-state index contributed by atoms with van der Waals surface area (Å²) >= 11 is 1.12. The highest BCUT2D eigenvalue weighted by atomic mass is 32.1. The van der Waals surface area contributed by atoms with E-state index < -0.39 is 23.7 Å². The van der Waals surface area contributed by atoms with Crippen LogP contribution in [-0.4, -0.2) is 30.0 Å². The normalized spacial score (nSPS) is 16.4. The Hall–Kier alpha value is -1.96. The van der Waals surface area contributed by atoms with E-state index in [0.717, 1.165) is 23.5 Å². The average Bonchev–Trinajstić information content (AvgIpc) is 3.04. The zero-order valence-corrected chi connectivity index (χ0v) is 13.3. The number of ketones is 1. The molecule has 0 N–H and O–H groups in total. The SMILES string of the molecule is O=C(c1cccc(C(F)(F)F)c1)c1cnc(N2CCC(F)CC2)s1. The summed E-state index contributed by atoms with van der Waals surface area (Å²) in [4.78, 5) is 18.7. The number of benzene rings is 1. The number of thiazole rings is 1. The number of aromatic nitrogens is 1. The highest BCUT2D eigenvalue weighted by Gasteiger charge is 2.31. The van der Waals surface area contributed by atoms with E-state index in [9.17, 15) is 22.4 Å². The van der Waals surface area contributed by atoms with Crippen molar-refractivity contribution in [2.45, 2.75) is 25.2 Å². The lowest BCUT2D eigenvalue weighted by Crippen LogP contribution is -2.34. The van der Waals surface area contributed by atoms with E-state index in [-0.39, 0.29) is 10.4 Å². The molecule has 1 aromatic carbocycles. The molecule has 0 spiro atoms. The first kappa shape index (κ1) is 16.9. The van der Waals surface area contributed by atoms with Crippen molar-refractivity contribution in [1.29, 1.82) is 0 Å².